The lowest BCUT2D eigenvalue weighted by atomic mass is 9.76. The molecule has 3 atom stereocenters. The van der Waals surface area contributed by atoms with E-state index in [2.05, 4.69) is 29.7 Å². The van der Waals surface area contributed by atoms with Crippen molar-refractivity contribution in [2.75, 3.05) is 13.7 Å². The molecular formula is C25H30F2N2O2. The fourth-order valence-electron chi connectivity index (χ4n) is 4.98. The van der Waals surface area contributed by atoms with Crippen molar-refractivity contribution < 1.29 is 18.3 Å². The van der Waals surface area contributed by atoms with Gasteiger partial charge in [-0.25, -0.2) is 8.78 Å². The lowest BCUT2D eigenvalue weighted by molar-refractivity contribution is -0.120. The van der Waals surface area contributed by atoms with E-state index >= 15 is 0 Å². The lowest BCUT2D eigenvalue weighted by Gasteiger charge is -2.44. The number of ether oxygens (including phenoxy) is 1. The van der Waals surface area contributed by atoms with E-state index in [1.807, 2.05) is 12.1 Å². The van der Waals surface area contributed by atoms with Crippen molar-refractivity contribution in [3.8, 4) is 0 Å². The maximum absolute atomic E-state index is 13.3. The topological polar surface area (TPSA) is 50.4 Å². The summed E-state index contributed by atoms with van der Waals surface area (Å²) in [6, 6.07) is 13.2. The van der Waals surface area contributed by atoms with Crippen LogP contribution >= 0.6 is 0 Å². The van der Waals surface area contributed by atoms with Crippen molar-refractivity contribution >= 4 is 5.91 Å². The number of amides is 1. The van der Waals surface area contributed by atoms with E-state index in [9.17, 15) is 13.6 Å². The summed E-state index contributed by atoms with van der Waals surface area (Å²) in [6.07, 6.45) is 2.89. The van der Waals surface area contributed by atoms with E-state index in [0.29, 0.717) is 17.5 Å². The summed E-state index contributed by atoms with van der Waals surface area (Å²) in [5.74, 6) is 0.137. The zero-order valence-electron chi connectivity index (χ0n) is 18.1. The molecule has 1 spiro atoms. The molecule has 166 valence electrons. The van der Waals surface area contributed by atoms with Gasteiger partial charge < -0.3 is 15.4 Å². The molecule has 2 N–H and O–H groups in total. The molecule has 4 nitrogen and oxygen atoms in total. The maximum atomic E-state index is 13.3. The van der Waals surface area contributed by atoms with Crippen molar-refractivity contribution in [1.29, 1.82) is 0 Å². The highest BCUT2D eigenvalue weighted by Crippen LogP contribution is 2.38. The van der Waals surface area contributed by atoms with Crippen LogP contribution in [0, 0.1) is 0 Å². The van der Waals surface area contributed by atoms with Crippen LogP contribution in [0.25, 0.3) is 0 Å². The Hall–Kier alpha value is -2.31. The highest BCUT2D eigenvalue weighted by Gasteiger charge is 2.44. The first-order valence-electron chi connectivity index (χ1n) is 10.8. The Kier molecular flexibility index (Phi) is 6.13. The van der Waals surface area contributed by atoms with Gasteiger partial charge in [0.05, 0.1) is 5.54 Å². The van der Waals surface area contributed by atoms with Crippen LogP contribution in [0.1, 0.15) is 66.5 Å². The number of carbonyl (C=O) groups excluding carboxylic acids is 1. The van der Waals surface area contributed by atoms with Gasteiger partial charge in [0.2, 0.25) is 5.91 Å². The number of benzene rings is 2. The van der Waals surface area contributed by atoms with Crippen molar-refractivity contribution in [3.63, 3.8) is 0 Å². The second-order valence-electron chi connectivity index (χ2n) is 9.11. The Morgan fingerprint density at radius 1 is 1.03 bits per heavy atom. The second kappa shape index (κ2) is 8.67. The van der Waals surface area contributed by atoms with Gasteiger partial charge in [-0.2, -0.15) is 0 Å². The van der Waals surface area contributed by atoms with Gasteiger partial charge in [0.1, 0.15) is 19.5 Å². The van der Waals surface area contributed by atoms with Crippen molar-refractivity contribution in [3.05, 3.63) is 70.3 Å². The van der Waals surface area contributed by atoms with E-state index in [1.165, 1.54) is 0 Å². The molecular weight excluding hydrogens is 398 g/mol. The van der Waals surface area contributed by atoms with Gasteiger partial charge in [0.25, 0.3) is 0 Å². The van der Waals surface area contributed by atoms with Crippen LogP contribution in [0.5, 0.6) is 0 Å². The predicted octanol–water partition coefficient (Wildman–Crippen LogP) is 4.61. The number of carbonyl (C=O) groups is 1. The van der Waals surface area contributed by atoms with Crippen LogP contribution in [0.2, 0.25) is 0 Å². The molecule has 0 aliphatic carbocycles. The molecule has 0 bridgehead atoms. The Bertz CT molecular complexity index is 932. The molecule has 0 saturated carbocycles. The van der Waals surface area contributed by atoms with E-state index in [4.69, 9.17) is 4.74 Å². The maximum Gasteiger partial charge on any atom is 0.220 e. The van der Waals surface area contributed by atoms with Crippen molar-refractivity contribution in [2.24, 2.45) is 0 Å². The van der Waals surface area contributed by atoms with Gasteiger partial charge in [0.15, 0.2) is 0 Å². The normalized spacial score (nSPS) is 26.8. The van der Waals surface area contributed by atoms with E-state index in [-0.39, 0.29) is 17.0 Å². The van der Waals surface area contributed by atoms with E-state index < -0.39 is 19.5 Å². The SMILES string of the molecule is CO[C@@H](c1cc(CF)cc(CF)c1)c1cccc([C@]2(C)CC[C@]3(CCC(=O)N3)CN2)c1. The van der Waals surface area contributed by atoms with Crippen LogP contribution in [0.3, 0.4) is 0 Å². The average Bonchev–Trinajstić information content (AvgIpc) is 3.17. The first-order valence-corrected chi connectivity index (χ1v) is 10.8. The van der Waals surface area contributed by atoms with Crippen molar-refractivity contribution in [2.45, 2.75) is 63.1 Å². The van der Waals surface area contributed by atoms with Gasteiger partial charge in [-0.1, -0.05) is 42.5 Å². The third-order valence-electron chi connectivity index (χ3n) is 6.90. The molecule has 2 aromatic rings. The van der Waals surface area contributed by atoms with Crippen LogP contribution in [-0.4, -0.2) is 25.1 Å². The van der Waals surface area contributed by atoms with Crippen LogP contribution in [-0.2, 0) is 28.4 Å². The lowest BCUT2D eigenvalue weighted by Crippen LogP contribution is -2.59. The summed E-state index contributed by atoms with van der Waals surface area (Å²) < 4.78 is 32.4. The quantitative estimate of drug-likeness (QED) is 0.707. The van der Waals surface area contributed by atoms with Gasteiger partial charge >= 0.3 is 0 Å². The smallest absolute Gasteiger partial charge is 0.220 e. The first kappa shape index (κ1) is 21.9. The number of halogens is 2. The van der Waals surface area contributed by atoms with Gasteiger partial charge in [-0.05, 0) is 54.0 Å². The molecule has 4 rings (SSSR count). The highest BCUT2D eigenvalue weighted by molar-refractivity contribution is 5.79. The fraction of sp³-hybridized carbons (Fsp3) is 0.480. The monoisotopic (exact) mass is 428 g/mol. The Labute approximate surface area is 182 Å². The third kappa shape index (κ3) is 4.37. The van der Waals surface area contributed by atoms with E-state index in [0.717, 1.165) is 42.5 Å². The van der Waals surface area contributed by atoms with Gasteiger partial charge in [-0.15, -0.1) is 0 Å². The Balaban J connectivity index is 1.60. The molecule has 0 unspecified atom stereocenters. The molecule has 2 aromatic carbocycles. The number of hydrogen-bond donors (Lipinski definition) is 2. The fourth-order valence-corrected chi connectivity index (χ4v) is 4.98. The molecule has 2 fully saturated rings. The molecule has 6 heteroatoms. The first-order chi connectivity index (χ1) is 14.9. The number of nitrogens with one attached hydrogen (secondary N) is 2. The number of hydrogen-bond acceptors (Lipinski definition) is 3. The number of piperidine rings is 1. The minimum absolute atomic E-state index is 0.126. The predicted molar refractivity (Wildman–Crippen MR) is 116 cm³/mol. The minimum atomic E-state index is -0.641. The number of rotatable bonds is 6. The van der Waals surface area contributed by atoms with Crippen LogP contribution < -0.4 is 10.6 Å². The molecule has 0 radical (unpaired) electrons. The van der Waals surface area contributed by atoms with Gasteiger partial charge in [-0.3, -0.25) is 4.79 Å². The molecule has 2 aliphatic heterocycles. The van der Waals surface area contributed by atoms with Crippen molar-refractivity contribution in [1.82, 2.24) is 10.6 Å². The largest absolute Gasteiger partial charge is 0.372 e. The minimum Gasteiger partial charge on any atom is -0.372 e. The Morgan fingerprint density at radius 3 is 2.32 bits per heavy atom. The molecule has 2 saturated heterocycles. The summed E-state index contributed by atoms with van der Waals surface area (Å²) >= 11 is 0. The standard InChI is InChI=1S/C25H30F2N2O2/c1-24(8-9-25(16-28-24)7-6-22(30)29-25)21-5-3-4-19(13-21)23(31-2)20-11-17(14-26)10-18(12-20)15-27/h3-5,10-13,23,28H,6-9,14-16H2,1-2H3,(H,29,30)/t23-,24+,25-/m1/s1. The number of alkyl halides is 2. The summed E-state index contributed by atoms with van der Waals surface area (Å²) in [6.45, 7) is 1.64. The summed E-state index contributed by atoms with van der Waals surface area (Å²) in [5, 5.41) is 6.83. The van der Waals surface area contributed by atoms with Gasteiger partial charge in [0, 0.05) is 25.6 Å². The highest BCUT2D eigenvalue weighted by atomic mass is 19.1. The average molecular weight is 429 g/mol. The van der Waals surface area contributed by atoms with Crippen LogP contribution in [0.15, 0.2) is 42.5 Å². The summed E-state index contributed by atoms with van der Waals surface area (Å²) in [7, 11) is 1.61. The molecule has 2 heterocycles. The molecule has 1 amide bonds. The molecule has 0 aromatic heterocycles. The molecule has 2 aliphatic rings. The van der Waals surface area contributed by atoms with Crippen LogP contribution in [0.4, 0.5) is 8.78 Å². The summed E-state index contributed by atoms with van der Waals surface area (Å²) in [5.41, 5.74) is 3.38. The van der Waals surface area contributed by atoms with E-state index in [1.54, 1.807) is 25.3 Å². The Morgan fingerprint density at radius 2 is 1.77 bits per heavy atom. The third-order valence-corrected chi connectivity index (χ3v) is 6.90. The molecule has 31 heavy (non-hydrogen) atoms. The zero-order chi connectivity index (χ0) is 22.1. The number of methoxy groups -OCH3 is 1. The zero-order valence-corrected chi connectivity index (χ0v) is 18.1. The second-order valence-corrected chi connectivity index (χ2v) is 9.11. The summed E-state index contributed by atoms with van der Waals surface area (Å²) in [4.78, 5) is 11.7.